The second kappa shape index (κ2) is 5.43. The third kappa shape index (κ3) is 2.58. The van der Waals surface area contributed by atoms with Gasteiger partial charge in [0, 0.05) is 10.4 Å². The van der Waals surface area contributed by atoms with Gasteiger partial charge in [-0.1, -0.05) is 30.3 Å². The van der Waals surface area contributed by atoms with Gasteiger partial charge >= 0.3 is 11.9 Å². The number of hydrogen-bond acceptors (Lipinski definition) is 5. The van der Waals surface area contributed by atoms with Crippen molar-refractivity contribution in [1.82, 2.24) is 0 Å². The van der Waals surface area contributed by atoms with Crippen LogP contribution < -0.4 is 10.6 Å². The molecule has 0 radical (unpaired) electrons. The lowest BCUT2D eigenvalue weighted by molar-refractivity contribution is 0.262. The molecule has 0 N–H and O–H groups in total. The molecule has 6 nitrogen and oxygen atoms in total. The van der Waals surface area contributed by atoms with E-state index in [1.807, 2.05) is 30.3 Å². The lowest BCUT2D eigenvalue weighted by Crippen LogP contribution is -1.97. The van der Waals surface area contributed by atoms with E-state index in [1.165, 1.54) is 6.26 Å². The van der Waals surface area contributed by atoms with Crippen molar-refractivity contribution in [3.05, 3.63) is 74.8 Å². The van der Waals surface area contributed by atoms with Crippen LogP contribution in [0.15, 0.2) is 56.3 Å². The number of rotatable bonds is 3. The maximum Gasteiger partial charge on any atom is 0.518 e. The van der Waals surface area contributed by atoms with Gasteiger partial charge in [0.2, 0.25) is 0 Å². The molecule has 0 saturated heterocycles. The topological polar surface area (TPSA) is 80.0 Å². The minimum atomic E-state index is -0.792. The summed E-state index contributed by atoms with van der Waals surface area (Å²) in [5.74, 6) is -0.129. The molecule has 0 aliphatic carbocycles. The molecule has 3 aromatic rings. The molecule has 21 heavy (non-hydrogen) atoms. The fourth-order valence-corrected chi connectivity index (χ4v) is 2.01. The average molecular weight is 283 g/mol. The lowest BCUT2D eigenvalue weighted by Gasteiger charge is -2.07. The average Bonchev–Trinajstić information content (AvgIpc) is 2.92. The van der Waals surface area contributed by atoms with E-state index in [0.29, 0.717) is 11.3 Å². The molecule has 1 heterocycles. The van der Waals surface area contributed by atoms with E-state index in [4.69, 9.17) is 9.15 Å². The van der Waals surface area contributed by atoms with Gasteiger partial charge in [0.1, 0.15) is 18.6 Å². The molecule has 0 atom stereocenters. The summed E-state index contributed by atoms with van der Waals surface area (Å²) in [5, 5.41) is 15.0. The first-order valence-electron chi connectivity index (χ1n) is 6.08. The van der Waals surface area contributed by atoms with Crippen LogP contribution in [0.3, 0.4) is 0 Å². The summed E-state index contributed by atoms with van der Waals surface area (Å²) < 4.78 is 14.8. The summed E-state index contributed by atoms with van der Waals surface area (Å²) in [7, 11) is 0. The summed E-state index contributed by atoms with van der Waals surface area (Å²) in [6.45, 7) is -0.00236. The number of nitrogens with zero attached hydrogens (tertiary/aromatic N) is 1. The fraction of sp³-hybridized carbons (Fsp3) is 0.0667. The van der Waals surface area contributed by atoms with Gasteiger partial charge in [-0.2, -0.15) is 0 Å². The second-order valence-corrected chi connectivity index (χ2v) is 4.21. The van der Waals surface area contributed by atoms with Gasteiger partial charge < -0.3 is 18.8 Å². The van der Waals surface area contributed by atoms with Crippen molar-refractivity contribution in [1.29, 1.82) is 0 Å². The van der Waals surface area contributed by atoms with Crippen molar-refractivity contribution < 1.29 is 13.6 Å². The predicted molar refractivity (Wildman–Crippen MR) is 75.2 cm³/mol. The molecule has 104 valence electrons. The number of benzene rings is 2. The first kappa shape index (κ1) is 12.8. The quantitative estimate of drug-likeness (QED) is 0.690. The number of hydrogen-bond donors (Lipinski definition) is 0. The third-order valence-electron chi connectivity index (χ3n) is 2.92. The van der Waals surface area contributed by atoms with Crippen molar-refractivity contribution in [2.24, 2.45) is 0 Å². The van der Waals surface area contributed by atoms with Gasteiger partial charge in [0.05, 0.1) is 0 Å². The smallest absolute Gasteiger partial charge is 0.498 e. The molecule has 1 aromatic heterocycles. The van der Waals surface area contributed by atoms with Gasteiger partial charge in [-0.25, -0.2) is 4.79 Å². The van der Waals surface area contributed by atoms with E-state index in [0.717, 1.165) is 10.8 Å². The van der Waals surface area contributed by atoms with E-state index in [1.54, 1.807) is 6.07 Å². The van der Waals surface area contributed by atoms with Crippen LogP contribution in [0.25, 0.3) is 15.8 Å². The van der Waals surface area contributed by atoms with Crippen LogP contribution in [0.1, 0.15) is 11.3 Å². The zero-order valence-corrected chi connectivity index (χ0v) is 10.7. The number of ether oxygens (including phenoxy) is 1. The Balaban J connectivity index is 1.98. The van der Waals surface area contributed by atoms with Crippen molar-refractivity contribution >= 4 is 10.8 Å². The van der Waals surface area contributed by atoms with Crippen LogP contribution in [-0.4, -0.2) is 0 Å². The van der Waals surface area contributed by atoms with E-state index >= 15 is 0 Å². The van der Waals surface area contributed by atoms with Crippen LogP contribution in [-0.2, 0) is 6.61 Å². The number of fused-ring (bicyclic) bond motifs is 1. The highest BCUT2D eigenvalue weighted by Crippen LogP contribution is 2.28. The summed E-state index contributed by atoms with van der Waals surface area (Å²) in [5.41, 5.74) is 0.453. The largest absolute Gasteiger partial charge is 0.518 e. The maximum absolute atomic E-state index is 10.8. The summed E-state index contributed by atoms with van der Waals surface area (Å²) in [6.07, 6.45) is 1.18. The molecular weight excluding hydrogens is 274 g/mol. The Kier molecular flexibility index (Phi) is 3.31. The molecule has 6 heteroatoms. The minimum absolute atomic E-state index is 0.00236. The van der Waals surface area contributed by atoms with Gasteiger partial charge in [-0.3, -0.25) is 0 Å². The van der Waals surface area contributed by atoms with Crippen molar-refractivity contribution in [3.8, 4) is 11.8 Å². The Morgan fingerprint density at radius 2 is 2.10 bits per heavy atom. The van der Waals surface area contributed by atoms with Gasteiger partial charge in [0.15, 0.2) is 11.3 Å². The van der Waals surface area contributed by atoms with E-state index in [9.17, 15) is 10.0 Å². The standard InChI is InChI=1S/C15H9NO5/c17-15-20-9-11(21-15)8-19-14-6-5-10-3-1-2-4-12(10)13(14)7-16-18/h1-6,9H,8H2. The van der Waals surface area contributed by atoms with Gasteiger partial charge in [0.25, 0.3) is 0 Å². The Hall–Kier alpha value is -3.20. The van der Waals surface area contributed by atoms with Crippen LogP contribution in [0.4, 0.5) is 0 Å². The van der Waals surface area contributed by atoms with Crippen LogP contribution in [0.2, 0.25) is 0 Å². The second-order valence-electron chi connectivity index (χ2n) is 4.21. The SMILES string of the molecule is O=c1occ(COc2ccc3ccccc3c2C#[N+][O-])o1. The highest BCUT2D eigenvalue weighted by Gasteiger charge is 2.12. The van der Waals surface area contributed by atoms with Crippen LogP contribution >= 0.6 is 0 Å². The highest BCUT2D eigenvalue weighted by molar-refractivity contribution is 5.90. The molecule has 0 amide bonds. The zero-order chi connectivity index (χ0) is 14.7. The minimum Gasteiger partial charge on any atom is -0.498 e. The van der Waals surface area contributed by atoms with Gasteiger partial charge in [-0.05, 0) is 11.5 Å². The van der Waals surface area contributed by atoms with Crippen molar-refractivity contribution in [2.75, 3.05) is 0 Å². The summed E-state index contributed by atoms with van der Waals surface area (Å²) in [4.78, 5) is 10.8. The Morgan fingerprint density at radius 3 is 2.86 bits per heavy atom. The monoisotopic (exact) mass is 283 g/mol. The van der Waals surface area contributed by atoms with E-state index < -0.39 is 5.82 Å². The molecule has 2 aromatic carbocycles. The Labute approximate surface area is 118 Å². The molecular formula is C15H9NO5. The predicted octanol–water partition coefficient (Wildman–Crippen LogP) is 3.14. The molecule has 0 saturated carbocycles. The normalized spacial score (nSPS) is 10.1. The lowest BCUT2D eigenvalue weighted by atomic mass is 10.0. The molecule has 0 bridgehead atoms. The summed E-state index contributed by atoms with van der Waals surface area (Å²) in [6, 6.07) is 13.4. The van der Waals surface area contributed by atoms with Crippen LogP contribution in [0, 0.1) is 11.3 Å². The Bertz CT molecular complexity index is 897. The van der Waals surface area contributed by atoms with E-state index in [-0.39, 0.29) is 12.4 Å². The molecule has 0 unspecified atom stereocenters. The molecule has 0 fully saturated rings. The first-order chi connectivity index (χ1) is 10.3. The Morgan fingerprint density at radius 1 is 1.24 bits per heavy atom. The molecule has 3 rings (SSSR count). The zero-order valence-electron chi connectivity index (χ0n) is 10.7. The first-order valence-corrected chi connectivity index (χ1v) is 6.08. The summed E-state index contributed by atoms with van der Waals surface area (Å²) >= 11 is 0. The van der Waals surface area contributed by atoms with Gasteiger partial charge in [-0.15, -0.1) is 0 Å². The van der Waals surface area contributed by atoms with E-state index in [2.05, 4.69) is 15.5 Å². The third-order valence-corrected chi connectivity index (χ3v) is 2.92. The fourth-order valence-electron chi connectivity index (χ4n) is 2.01. The highest BCUT2D eigenvalue weighted by atomic mass is 16.6. The van der Waals surface area contributed by atoms with Crippen molar-refractivity contribution in [3.63, 3.8) is 0 Å². The molecule has 0 aliphatic rings. The molecule has 0 aliphatic heterocycles. The van der Waals surface area contributed by atoms with Crippen molar-refractivity contribution in [2.45, 2.75) is 6.61 Å². The molecule has 0 spiro atoms. The maximum atomic E-state index is 10.8. The van der Waals surface area contributed by atoms with Crippen LogP contribution in [0.5, 0.6) is 5.75 Å².